The Balaban J connectivity index is 2.52. The van der Waals surface area contributed by atoms with E-state index in [1.165, 1.54) is 0 Å². The Hall–Kier alpha value is -2.10. The highest BCUT2D eigenvalue weighted by atomic mass is 16.2. The molecule has 4 heteroatoms. The van der Waals surface area contributed by atoms with E-state index in [1.807, 2.05) is 36.1 Å². The van der Waals surface area contributed by atoms with Crippen molar-refractivity contribution in [1.82, 2.24) is 9.88 Å². The second kappa shape index (κ2) is 5.90. The lowest BCUT2D eigenvalue weighted by Gasteiger charge is -2.27. The molecule has 0 radical (unpaired) electrons. The SMILES string of the molecule is CCC(C)N(CC)C(=O)c1cnc(N)c2ccccc12. The number of anilines is 1. The van der Waals surface area contributed by atoms with Crippen molar-refractivity contribution in [2.24, 2.45) is 0 Å². The smallest absolute Gasteiger partial charge is 0.256 e. The summed E-state index contributed by atoms with van der Waals surface area (Å²) in [6, 6.07) is 7.85. The molecular formula is C16H21N3O. The van der Waals surface area contributed by atoms with Crippen molar-refractivity contribution in [3.63, 3.8) is 0 Å². The van der Waals surface area contributed by atoms with E-state index in [9.17, 15) is 4.79 Å². The molecule has 1 aromatic heterocycles. The van der Waals surface area contributed by atoms with E-state index in [0.717, 1.165) is 17.2 Å². The molecule has 1 amide bonds. The van der Waals surface area contributed by atoms with Crippen LogP contribution in [-0.4, -0.2) is 28.4 Å². The zero-order valence-electron chi connectivity index (χ0n) is 12.3. The van der Waals surface area contributed by atoms with Crippen LogP contribution in [0.3, 0.4) is 0 Å². The van der Waals surface area contributed by atoms with Gasteiger partial charge in [-0.05, 0) is 25.7 Å². The average molecular weight is 271 g/mol. The molecule has 1 atom stereocenters. The highest BCUT2D eigenvalue weighted by Crippen LogP contribution is 2.24. The summed E-state index contributed by atoms with van der Waals surface area (Å²) in [6.07, 6.45) is 2.52. The summed E-state index contributed by atoms with van der Waals surface area (Å²) in [5.74, 6) is 0.481. The normalized spacial score (nSPS) is 12.3. The number of hydrogen-bond donors (Lipinski definition) is 1. The molecule has 0 aliphatic heterocycles. The third kappa shape index (κ3) is 2.46. The number of rotatable bonds is 4. The second-order valence-electron chi connectivity index (χ2n) is 4.95. The van der Waals surface area contributed by atoms with Crippen LogP contribution in [-0.2, 0) is 0 Å². The monoisotopic (exact) mass is 271 g/mol. The first-order chi connectivity index (χ1) is 9.60. The fourth-order valence-corrected chi connectivity index (χ4v) is 2.42. The maximum Gasteiger partial charge on any atom is 0.256 e. The standard InChI is InChI=1S/C16H21N3O/c1-4-11(3)19(5-2)16(20)14-10-18-15(17)13-9-7-6-8-12(13)14/h6-11H,4-5H2,1-3H3,(H2,17,18). The first kappa shape index (κ1) is 14.3. The third-order valence-electron chi connectivity index (χ3n) is 3.78. The number of benzene rings is 1. The first-order valence-corrected chi connectivity index (χ1v) is 7.04. The Bertz CT molecular complexity index is 624. The largest absolute Gasteiger partial charge is 0.383 e. The van der Waals surface area contributed by atoms with Crippen molar-refractivity contribution in [1.29, 1.82) is 0 Å². The molecule has 106 valence electrons. The maximum atomic E-state index is 12.7. The van der Waals surface area contributed by atoms with E-state index >= 15 is 0 Å². The van der Waals surface area contributed by atoms with Gasteiger partial charge in [0.15, 0.2) is 0 Å². The molecule has 0 aliphatic carbocycles. The van der Waals surface area contributed by atoms with Crippen LogP contribution in [0.1, 0.15) is 37.6 Å². The van der Waals surface area contributed by atoms with Gasteiger partial charge in [-0.25, -0.2) is 4.98 Å². The highest BCUT2D eigenvalue weighted by molar-refractivity contribution is 6.09. The number of nitrogens with zero attached hydrogens (tertiary/aromatic N) is 2. The summed E-state index contributed by atoms with van der Waals surface area (Å²) < 4.78 is 0. The molecule has 20 heavy (non-hydrogen) atoms. The molecule has 0 fully saturated rings. The lowest BCUT2D eigenvalue weighted by Crippen LogP contribution is -2.38. The number of carbonyl (C=O) groups is 1. The predicted molar refractivity (Wildman–Crippen MR) is 82.6 cm³/mol. The minimum atomic E-state index is 0.0190. The predicted octanol–water partition coefficient (Wildman–Crippen LogP) is 3.08. The zero-order valence-corrected chi connectivity index (χ0v) is 12.3. The zero-order chi connectivity index (χ0) is 14.7. The molecule has 0 aliphatic rings. The summed E-state index contributed by atoms with van der Waals surface area (Å²) in [6.45, 7) is 6.83. The topological polar surface area (TPSA) is 59.2 Å². The Kier molecular flexibility index (Phi) is 4.23. The summed E-state index contributed by atoms with van der Waals surface area (Å²) in [5, 5.41) is 1.70. The van der Waals surface area contributed by atoms with Gasteiger partial charge in [-0.2, -0.15) is 0 Å². The van der Waals surface area contributed by atoms with E-state index in [2.05, 4.69) is 18.8 Å². The summed E-state index contributed by atoms with van der Waals surface area (Å²) in [4.78, 5) is 18.8. The Morgan fingerprint density at radius 1 is 1.30 bits per heavy atom. The van der Waals surface area contributed by atoms with E-state index < -0.39 is 0 Å². The number of pyridine rings is 1. The fourth-order valence-electron chi connectivity index (χ4n) is 2.42. The van der Waals surface area contributed by atoms with E-state index in [4.69, 9.17) is 5.73 Å². The minimum Gasteiger partial charge on any atom is -0.383 e. The van der Waals surface area contributed by atoms with Gasteiger partial charge in [-0.1, -0.05) is 31.2 Å². The third-order valence-corrected chi connectivity index (χ3v) is 3.78. The van der Waals surface area contributed by atoms with Crippen molar-refractivity contribution < 1.29 is 4.79 Å². The molecule has 1 unspecified atom stereocenters. The van der Waals surface area contributed by atoms with Crippen LogP contribution < -0.4 is 5.73 Å². The van der Waals surface area contributed by atoms with Gasteiger partial charge in [0.25, 0.3) is 5.91 Å². The molecular weight excluding hydrogens is 250 g/mol. The number of carbonyl (C=O) groups excluding carboxylic acids is 1. The number of hydrogen-bond acceptors (Lipinski definition) is 3. The van der Waals surface area contributed by atoms with Crippen molar-refractivity contribution in [3.05, 3.63) is 36.0 Å². The quantitative estimate of drug-likeness (QED) is 0.929. The number of fused-ring (bicyclic) bond motifs is 1. The van der Waals surface area contributed by atoms with Crippen LogP contribution in [0.4, 0.5) is 5.82 Å². The molecule has 0 saturated heterocycles. The molecule has 2 rings (SSSR count). The lowest BCUT2D eigenvalue weighted by atomic mass is 10.0. The van der Waals surface area contributed by atoms with E-state index in [-0.39, 0.29) is 11.9 Å². The van der Waals surface area contributed by atoms with Crippen molar-refractivity contribution in [2.45, 2.75) is 33.2 Å². The molecule has 1 aromatic carbocycles. The van der Waals surface area contributed by atoms with Gasteiger partial charge in [-0.3, -0.25) is 4.79 Å². The van der Waals surface area contributed by atoms with Crippen LogP contribution in [0.2, 0.25) is 0 Å². The summed E-state index contributed by atoms with van der Waals surface area (Å²) in [7, 11) is 0. The fraction of sp³-hybridized carbons (Fsp3) is 0.375. The molecule has 2 aromatic rings. The van der Waals surface area contributed by atoms with Crippen molar-refractivity contribution in [3.8, 4) is 0 Å². The maximum absolute atomic E-state index is 12.7. The summed E-state index contributed by atoms with van der Waals surface area (Å²) >= 11 is 0. The second-order valence-corrected chi connectivity index (χ2v) is 4.95. The molecule has 0 bridgehead atoms. The highest BCUT2D eigenvalue weighted by Gasteiger charge is 2.21. The molecule has 2 N–H and O–H groups in total. The number of aromatic nitrogens is 1. The molecule has 0 saturated carbocycles. The van der Waals surface area contributed by atoms with Crippen molar-refractivity contribution >= 4 is 22.5 Å². The van der Waals surface area contributed by atoms with Gasteiger partial charge in [0.2, 0.25) is 0 Å². The summed E-state index contributed by atoms with van der Waals surface area (Å²) in [5.41, 5.74) is 6.51. The minimum absolute atomic E-state index is 0.0190. The van der Waals surface area contributed by atoms with Crippen LogP contribution >= 0.6 is 0 Å². The van der Waals surface area contributed by atoms with Gasteiger partial charge in [-0.15, -0.1) is 0 Å². The number of amides is 1. The van der Waals surface area contributed by atoms with Crippen LogP contribution in [0.25, 0.3) is 10.8 Å². The van der Waals surface area contributed by atoms with Crippen LogP contribution in [0.15, 0.2) is 30.5 Å². The number of nitrogen functional groups attached to an aromatic ring is 1. The van der Waals surface area contributed by atoms with Gasteiger partial charge in [0.1, 0.15) is 5.82 Å². The Labute approximate surface area is 119 Å². The van der Waals surface area contributed by atoms with E-state index in [0.29, 0.717) is 17.9 Å². The van der Waals surface area contributed by atoms with Gasteiger partial charge >= 0.3 is 0 Å². The Morgan fingerprint density at radius 2 is 1.95 bits per heavy atom. The van der Waals surface area contributed by atoms with Gasteiger partial charge in [0.05, 0.1) is 5.56 Å². The first-order valence-electron chi connectivity index (χ1n) is 7.04. The van der Waals surface area contributed by atoms with Gasteiger partial charge < -0.3 is 10.6 Å². The average Bonchev–Trinajstić information content (AvgIpc) is 2.48. The molecule has 0 spiro atoms. The van der Waals surface area contributed by atoms with Gasteiger partial charge in [0, 0.05) is 24.2 Å². The molecule has 1 heterocycles. The number of nitrogens with two attached hydrogens (primary N) is 1. The lowest BCUT2D eigenvalue weighted by molar-refractivity contribution is 0.0701. The van der Waals surface area contributed by atoms with Crippen molar-refractivity contribution in [2.75, 3.05) is 12.3 Å². The van der Waals surface area contributed by atoms with Crippen LogP contribution in [0, 0.1) is 0 Å². The molecule has 4 nitrogen and oxygen atoms in total. The van der Waals surface area contributed by atoms with E-state index in [1.54, 1.807) is 6.20 Å². The van der Waals surface area contributed by atoms with Crippen LogP contribution in [0.5, 0.6) is 0 Å². The Morgan fingerprint density at radius 3 is 2.55 bits per heavy atom.